The number of phenolic OH excluding ortho intramolecular Hbond substituents is 1. The highest BCUT2D eigenvalue weighted by Crippen LogP contribution is 2.37. The van der Waals surface area contributed by atoms with Crippen molar-refractivity contribution >= 4 is 16.9 Å². The van der Waals surface area contributed by atoms with Crippen LogP contribution in [0, 0.1) is 0 Å². The predicted octanol–water partition coefficient (Wildman–Crippen LogP) is 3.79. The molecular weight excluding hydrogens is 442 g/mol. The molecular formula is C25H27N9O. The largest absolute Gasteiger partial charge is 0.507 e. The molecule has 0 bridgehead atoms. The van der Waals surface area contributed by atoms with E-state index in [-0.39, 0.29) is 22.9 Å². The van der Waals surface area contributed by atoms with Crippen LogP contribution >= 0.6 is 0 Å². The standard InChI is InChI=1S/C25H27N9O/c1-24(2)11-17(12-25(3,4)31-24)34-22-20(29-32-34)10-19(28-30-22)18-6-5-15(9-21(18)35)16-13-27-23-26-7-8-33(23)14-16/h5-10,13-14,17,31,35H,11-12H2,1-4H3. The van der Waals surface area contributed by atoms with Gasteiger partial charge in [0.15, 0.2) is 0 Å². The molecule has 0 atom stereocenters. The molecule has 2 N–H and O–H groups in total. The molecule has 35 heavy (non-hydrogen) atoms. The highest BCUT2D eigenvalue weighted by molar-refractivity contribution is 5.79. The van der Waals surface area contributed by atoms with Gasteiger partial charge in [0, 0.05) is 47.0 Å². The summed E-state index contributed by atoms with van der Waals surface area (Å²) in [5.74, 6) is 0.735. The quantitative estimate of drug-likeness (QED) is 0.410. The fraction of sp³-hybridized carbons (Fsp3) is 0.360. The minimum atomic E-state index is -0.0243. The maximum absolute atomic E-state index is 10.8. The molecule has 10 heteroatoms. The van der Waals surface area contributed by atoms with Crippen LogP contribution in [0.5, 0.6) is 5.75 Å². The number of benzene rings is 1. The topological polar surface area (TPSA) is 119 Å². The summed E-state index contributed by atoms with van der Waals surface area (Å²) in [4.78, 5) is 8.51. The van der Waals surface area contributed by atoms with Crippen LogP contribution in [0.4, 0.5) is 0 Å². The fourth-order valence-electron chi connectivity index (χ4n) is 5.46. The Balaban J connectivity index is 1.32. The molecule has 1 aromatic carbocycles. The SMILES string of the molecule is CC1(C)CC(n2nnc3cc(-c4ccc(-c5cnc6nccn6c5)cc4O)nnc32)CC(C)(C)N1. The van der Waals surface area contributed by atoms with Crippen LogP contribution in [0.25, 0.3) is 39.3 Å². The van der Waals surface area contributed by atoms with Gasteiger partial charge in [0.2, 0.25) is 11.4 Å². The van der Waals surface area contributed by atoms with Gasteiger partial charge in [-0.3, -0.25) is 4.40 Å². The zero-order chi connectivity index (χ0) is 24.4. The van der Waals surface area contributed by atoms with E-state index >= 15 is 0 Å². The Bertz CT molecular complexity index is 1550. The Morgan fingerprint density at radius 2 is 1.77 bits per heavy atom. The van der Waals surface area contributed by atoms with Gasteiger partial charge in [0.05, 0.1) is 11.7 Å². The van der Waals surface area contributed by atoms with E-state index in [0.29, 0.717) is 28.2 Å². The van der Waals surface area contributed by atoms with Crippen molar-refractivity contribution in [2.45, 2.75) is 57.7 Å². The van der Waals surface area contributed by atoms with Crippen molar-refractivity contribution in [3.05, 3.63) is 49.1 Å². The van der Waals surface area contributed by atoms with Gasteiger partial charge in [0.1, 0.15) is 11.3 Å². The molecule has 0 unspecified atom stereocenters. The van der Waals surface area contributed by atoms with E-state index in [9.17, 15) is 5.11 Å². The molecule has 1 aliphatic heterocycles. The second-order valence-electron chi connectivity index (χ2n) is 10.6. The fourth-order valence-corrected chi connectivity index (χ4v) is 5.46. The van der Waals surface area contributed by atoms with E-state index in [1.54, 1.807) is 18.5 Å². The molecule has 0 saturated carbocycles. The van der Waals surface area contributed by atoms with Crippen molar-refractivity contribution < 1.29 is 5.11 Å². The van der Waals surface area contributed by atoms with Crippen LogP contribution in [0.15, 0.2) is 49.1 Å². The summed E-state index contributed by atoms with van der Waals surface area (Å²) in [7, 11) is 0. The summed E-state index contributed by atoms with van der Waals surface area (Å²) in [6, 6.07) is 7.46. The summed E-state index contributed by atoms with van der Waals surface area (Å²) >= 11 is 0. The maximum atomic E-state index is 10.8. The normalized spacial score (nSPS) is 17.8. The molecule has 0 aliphatic carbocycles. The Hall–Kier alpha value is -3.92. The molecule has 1 aliphatic rings. The van der Waals surface area contributed by atoms with Gasteiger partial charge in [-0.25, -0.2) is 14.6 Å². The second kappa shape index (κ2) is 7.54. The van der Waals surface area contributed by atoms with Crippen molar-refractivity contribution in [3.63, 3.8) is 0 Å². The first-order valence-corrected chi connectivity index (χ1v) is 11.7. The van der Waals surface area contributed by atoms with Gasteiger partial charge in [-0.1, -0.05) is 11.3 Å². The Labute approximate surface area is 202 Å². The third-order valence-electron chi connectivity index (χ3n) is 6.59. The van der Waals surface area contributed by atoms with Crippen molar-refractivity contribution in [1.82, 2.24) is 44.9 Å². The van der Waals surface area contributed by atoms with Crippen LogP contribution in [0.2, 0.25) is 0 Å². The first-order chi connectivity index (χ1) is 16.7. The molecule has 0 amide bonds. The lowest BCUT2D eigenvalue weighted by molar-refractivity contribution is 0.127. The van der Waals surface area contributed by atoms with E-state index in [1.807, 2.05) is 39.7 Å². The number of imidazole rings is 1. The Morgan fingerprint density at radius 1 is 0.971 bits per heavy atom. The summed E-state index contributed by atoms with van der Waals surface area (Å²) < 4.78 is 3.74. The number of rotatable bonds is 3. The number of fused-ring (bicyclic) bond motifs is 2. The molecule has 5 aromatic rings. The highest BCUT2D eigenvalue weighted by atomic mass is 16.3. The van der Waals surface area contributed by atoms with E-state index < -0.39 is 0 Å². The predicted molar refractivity (Wildman–Crippen MR) is 132 cm³/mol. The van der Waals surface area contributed by atoms with Crippen LogP contribution in [0.3, 0.4) is 0 Å². The van der Waals surface area contributed by atoms with Crippen LogP contribution in [-0.4, -0.2) is 55.7 Å². The van der Waals surface area contributed by atoms with Gasteiger partial charge in [0.25, 0.3) is 0 Å². The summed E-state index contributed by atoms with van der Waals surface area (Å²) in [5, 5.41) is 32.2. The number of nitrogens with one attached hydrogen (secondary N) is 1. The van der Waals surface area contributed by atoms with E-state index in [0.717, 1.165) is 24.0 Å². The number of hydrogen-bond donors (Lipinski definition) is 2. The third kappa shape index (κ3) is 3.89. The van der Waals surface area contributed by atoms with Crippen LogP contribution < -0.4 is 5.32 Å². The van der Waals surface area contributed by atoms with Crippen molar-refractivity contribution in [2.24, 2.45) is 0 Å². The molecule has 5 heterocycles. The average molecular weight is 470 g/mol. The molecule has 6 rings (SSSR count). The number of aromatic nitrogens is 8. The number of phenols is 1. The molecule has 1 saturated heterocycles. The van der Waals surface area contributed by atoms with Crippen molar-refractivity contribution in [1.29, 1.82) is 0 Å². The third-order valence-corrected chi connectivity index (χ3v) is 6.59. The Kier molecular flexibility index (Phi) is 4.65. The van der Waals surface area contributed by atoms with E-state index in [1.165, 1.54) is 0 Å². The smallest absolute Gasteiger partial charge is 0.233 e. The molecule has 0 spiro atoms. The summed E-state index contributed by atoms with van der Waals surface area (Å²) in [6.45, 7) is 8.83. The zero-order valence-electron chi connectivity index (χ0n) is 20.1. The summed E-state index contributed by atoms with van der Waals surface area (Å²) in [6.07, 6.45) is 9.04. The molecule has 0 radical (unpaired) electrons. The van der Waals surface area contributed by atoms with Gasteiger partial charge in [-0.15, -0.1) is 15.3 Å². The highest BCUT2D eigenvalue weighted by Gasteiger charge is 2.39. The van der Waals surface area contributed by atoms with Gasteiger partial charge in [-0.2, -0.15) is 0 Å². The number of hydrogen-bond acceptors (Lipinski definition) is 8. The van der Waals surface area contributed by atoms with E-state index in [2.05, 4.69) is 63.5 Å². The van der Waals surface area contributed by atoms with Gasteiger partial charge < -0.3 is 10.4 Å². The van der Waals surface area contributed by atoms with Gasteiger partial charge in [-0.05, 0) is 64.3 Å². The molecule has 1 fully saturated rings. The lowest BCUT2D eigenvalue weighted by atomic mass is 9.80. The molecule has 178 valence electrons. The number of aromatic hydroxyl groups is 1. The van der Waals surface area contributed by atoms with Gasteiger partial charge >= 0.3 is 0 Å². The number of nitrogens with zero attached hydrogens (tertiary/aromatic N) is 8. The lowest BCUT2D eigenvalue weighted by Gasteiger charge is -2.46. The minimum absolute atomic E-state index is 0.0243. The first kappa shape index (κ1) is 21.6. The maximum Gasteiger partial charge on any atom is 0.233 e. The van der Waals surface area contributed by atoms with E-state index in [4.69, 9.17) is 0 Å². The lowest BCUT2D eigenvalue weighted by Crippen LogP contribution is -2.58. The minimum Gasteiger partial charge on any atom is -0.507 e. The second-order valence-corrected chi connectivity index (χ2v) is 10.6. The van der Waals surface area contributed by atoms with Crippen LogP contribution in [-0.2, 0) is 0 Å². The number of piperidine rings is 1. The van der Waals surface area contributed by atoms with Crippen LogP contribution in [0.1, 0.15) is 46.6 Å². The summed E-state index contributed by atoms with van der Waals surface area (Å²) in [5.41, 5.74) is 4.10. The zero-order valence-corrected chi connectivity index (χ0v) is 20.1. The van der Waals surface area contributed by atoms with Crippen molar-refractivity contribution in [2.75, 3.05) is 0 Å². The Morgan fingerprint density at radius 3 is 2.54 bits per heavy atom. The molecule has 4 aromatic heterocycles. The monoisotopic (exact) mass is 469 g/mol. The average Bonchev–Trinajstić information content (AvgIpc) is 3.43. The van der Waals surface area contributed by atoms with Crippen molar-refractivity contribution in [3.8, 4) is 28.1 Å². The molecule has 10 nitrogen and oxygen atoms in total. The first-order valence-electron chi connectivity index (χ1n) is 11.7.